The van der Waals surface area contributed by atoms with Crippen molar-refractivity contribution in [3.8, 4) is 0 Å². The lowest BCUT2D eigenvalue weighted by atomic mass is 10.3. The summed E-state index contributed by atoms with van der Waals surface area (Å²) < 4.78 is 61.0. The van der Waals surface area contributed by atoms with E-state index < -0.39 is 28.5 Å². The molecule has 0 aromatic carbocycles. The number of pyridine rings is 1. The summed E-state index contributed by atoms with van der Waals surface area (Å²) in [5.74, 6) is 0. The van der Waals surface area contributed by atoms with Crippen molar-refractivity contribution < 1.29 is 18.8 Å². The van der Waals surface area contributed by atoms with Crippen molar-refractivity contribution in [3.05, 3.63) is 24.2 Å². The van der Waals surface area contributed by atoms with E-state index in [2.05, 4.69) is 14.5 Å². The van der Waals surface area contributed by atoms with Crippen LogP contribution >= 0.6 is 0 Å². The van der Waals surface area contributed by atoms with Crippen molar-refractivity contribution in [1.29, 1.82) is 0 Å². The highest BCUT2D eigenvalue weighted by Gasteiger charge is 2.29. The van der Waals surface area contributed by atoms with Crippen molar-refractivity contribution in [3.63, 3.8) is 0 Å². The van der Waals surface area contributed by atoms with E-state index in [4.69, 9.17) is 1.37 Å². The molecule has 5 nitrogen and oxygen atoms in total. The zero-order chi connectivity index (χ0) is 17.4. The lowest BCUT2D eigenvalue weighted by Gasteiger charge is -2.12. The first kappa shape index (κ1) is 15.1. The Labute approximate surface area is 129 Å². The molecular formula is C13H15F3N4OS. The summed E-state index contributed by atoms with van der Waals surface area (Å²) in [4.78, 5) is 3.92. The minimum absolute atomic E-state index is 0.127. The molecule has 0 saturated heterocycles. The Morgan fingerprint density at radius 3 is 2.68 bits per heavy atom. The van der Waals surface area contributed by atoms with Crippen LogP contribution in [0.15, 0.2) is 22.9 Å². The van der Waals surface area contributed by atoms with Gasteiger partial charge in [-0.25, -0.2) is 4.21 Å². The van der Waals surface area contributed by atoms with Gasteiger partial charge in [-0.2, -0.15) is 22.7 Å². The SMILES string of the molecule is [2H]C(=N[S@](=O)C(C)(C)C)c1cc2cnn(CC(F)(F)F)c2cn1. The molecule has 0 N–H and O–H groups in total. The molecule has 22 heavy (non-hydrogen) atoms. The molecule has 2 rings (SSSR count). The Balaban J connectivity index is 2.35. The Bertz CT molecular complexity index is 780. The summed E-state index contributed by atoms with van der Waals surface area (Å²) in [7, 11) is -1.62. The molecule has 120 valence electrons. The van der Waals surface area contributed by atoms with Crippen LogP contribution in [0, 0.1) is 0 Å². The topological polar surface area (TPSA) is 60.1 Å². The summed E-state index contributed by atoms with van der Waals surface area (Å²) in [6.07, 6.45) is -2.21. The van der Waals surface area contributed by atoms with E-state index in [-0.39, 0.29) is 17.4 Å². The van der Waals surface area contributed by atoms with Crippen LogP contribution in [0.1, 0.15) is 27.8 Å². The van der Waals surface area contributed by atoms with E-state index in [9.17, 15) is 17.4 Å². The number of nitrogens with zero attached hydrogens (tertiary/aromatic N) is 4. The Morgan fingerprint density at radius 2 is 2.09 bits per heavy atom. The van der Waals surface area contributed by atoms with Crippen molar-refractivity contribution in [2.45, 2.75) is 38.2 Å². The number of hydrogen-bond donors (Lipinski definition) is 0. The van der Waals surface area contributed by atoms with Gasteiger partial charge in [0.25, 0.3) is 0 Å². The van der Waals surface area contributed by atoms with Crippen LogP contribution in [-0.4, -0.2) is 36.1 Å². The van der Waals surface area contributed by atoms with Crippen molar-refractivity contribution in [2.75, 3.05) is 0 Å². The largest absolute Gasteiger partial charge is 0.408 e. The molecule has 0 aliphatic rings. The second kappa shape index (κ2) is 5.79. The third kappa shape index (κ3) is 4.12. The van der Waals surface area contributed by atoms with Gasteiger partial charge in [-0.3, -0.25) is 9.67 Å². The fourth-order valence-electron chi connectivity index (χ4n) is 1.56. The zero-order valence-electron chi connectivity index (χ0n) is 13.2. The lowest BCUT2D eigenvalue weighted by Crippen LogP contribution is -2.19. The predicted octanol–water partition coefficient (Wildman–Crippen LogP) is 2.87. The van der Waals surface area contributed by atoms with Gasteiger partial charge in [0.05, 0.1) is 35.9 Å². The molecule has 0 unspecified atom stereocenters. The predicted molar refractivity (Wildman–Crippen MR) is 79.1 cm³/mol. The first-order valence-corrected chi connectivity index (χ1v) is 7.44. The fourth-order valence-corrected chi connectivity index (χ4v) is 2.01. The van der Waals surface area contributed by atoms with Crippen molar-refractivity contribution in [2.24, 2.45) is 4.40 Å². The van der Waals surface area contributed by atoms with E-state index in [0.717, 1.165) is 4.68 Å². The number of aromatic nitrogens is 3. The Kier molecular flexibility index (Phi) is 3.98. The molecule has 0 bridgehead atoms. The van der Waals surface area contributed by atoms with Gasteiger partial charge >= 0.3 is 6.18 Å². The monoisotopic (exact) mass is 333 g/mol. The fraction of sp³-hybridized carbons (Fsp3) is 0.462. The molecular weight excluding hydrogens is 317 g/mol. The number of halogens is 3. The van der Waals surface area contributed by atoms with Crippen LogP contribution in [0.2, 0.25) is 0 Å². The number of hydrogen-bond acceptors (Lipinski definition) is 3. The second-order valence-electron chi connectivity index (χ2n) is 5.61. The standard InChI is InChI=1S/C13H15F3N4OS/c1-12(2,3)22(21)19-6-10-4-9-5-18-20(8-13(14,15)16)11(9)7-17-10/h4-7H,8H2,1-3H3/t22-/m1/s1/i6D. The first-order valence-electron chi connectivity index (χ1n) is 6.83. The zero-order valence-corrected chi connectivity index (χ0v) is 13.0. The summed E-state index contributed by atoms with van der Waals surface area (Å²) in [6.45, 7) is 3.94. The molecule has 2 aromatic heterocycles. The lowest BCUT2D eigenvalue weighted by molar-refractivity contribution is -0.141. The molecule has 0 aliphatic heterocycles. The van der Waals surface area contributed by atoms with Crippen molar-refractivity contribution >= 4 is 28.1 Å². The van der Waals surface area contributed by atoms with E-state index >= 15 is 0 Å². The minimum Gasteiger partial charge on any atom is -0.254 e. The minimum atomic E-state index is -4.39. The van der Waals surface area contributed by atoms with Gasteiger partial charge < -0.3 is 0 Å². The summed E-state index contributed by atoms with van der Waals surface area (Å²) >= 11 is 0. The highest BCUT2D eigenvalue weighted by molar-refractivity contribution is 7.85. The maximum atomic E-state index is 12.4. The molecule has 0 radical (unpaired) electrons. The van der Waals surface area contributed by atoms with Crippen LogP contribution in [0.25, 0.3) is 10.9 Å². The highest BCUT2D eigenvalue weighted by atomic mass is 32.2. The molecule has 0 spiro atoms. The molecule has 2 heterocycles. The van der Waals surface area contributed by atoms with E-state index in [1.165, 1.54) is 18.5 Å². The van der Waals surface area contributed by atoms with Gasteiger partial charge in [0.1, 0.15) is 17.5 Å². The smallest absolute Gasteiger partial charge is 0.254 e. The van der Waals surface area contributed by atoms with E-state index in [0.29, 0.717) is 5.39 Å². The van der Waals surface area contributed by atoms with Crippen LogP contribution in [0.3, 0.4) is 0 Å². The maximum absolute atomic E-state index is 12.4. The highest BCUT2D eigenvalue weighted by Crippen LogP contribution is 2.21. The van der Waals surface area contributed by atoms with E-state index in [1.54, 1.807) is 20.8 Å². The summed E-state index contributed by atoms with van der Waals surface area (Å²) in [5, 5.41) is 4.08. The van der Waals surface area contributed by atoms with Gasteiger partial charge in [-0.05, 0) is 26.8 Å². The van der Waals surface area contributed by atoms with Gasteiger partial charge in [-0.15, -0.1) is 0 Å². The van der Waals surface area contributed by atoms with E-state index in [1.807, 2.05) is 0 Å². The Morgan fingerprint density at radius 1 is 1.41 bits per heavy atom. The van der Waals surface area contributed by atoms with Gasteiger partial charge in [0.15, 0.2) is 0 Å². The van der Waals surface area contributed by atoms with Crippen LogP contribution < -0.4 is 0 Å². The molecule has 1 atom stereocenters. The van der Waals surface area contributed by atoms with Gasteiger partial charge in [-0.1, -0.05) is 0 Å². The Hall–Kier alpha value is -1.77. The summed E-state index contributed by atoms with van der Waals surface area (Å²) in [6, 6.07) is 1.40. The van der Waals surface area contributed by atoms with Crippen LogP contribution in [0.4, 0.5) is 13.2 Å². The molecule has 2 aromatic rings. The summed E-state index contributed by atoms with van der Waals surface area (Å²) in [5.41, 5.74) is 0.331. The van der Waals surface area contributed by atoms with Crippen molar-refractivity contribution in [1.82, 2.24) is 14.8 Å². The average molecular weight is 333 g/mol. The average Bonchev–Trinajstić information content (AvgIpc) is 2.78. The third-order valence-electron chi connectivity index (χ3n) is 2.62. The number of rotatable bonds is 3. The normalized spacial score (nSPS) is 15.9. The molecule has 0 saturated carbocycles. The second-order valence-corrected chi connectivity index (χ2v) is 7.52. The molecule has 0 fully saturated rings. The third-order valence-corrected chi connectivity index (χ3v) is 3.93. The van der Waals surface area contributed by atoms with Crippen LogP contribution in [-0.2, 0) is 17.5 Å². The number of alkyl halides is 3. The van der Waals surface area contributed by atoms with Crippen LogP contribution in [0.5, 0.6) is 0 Å². The first-order chi connectivity index (χ1) is 10.5. The van der Waals surface area contributed by atoms with Gasteiger partial charge in [0, 0.05) is 5.39 Å². The maximum Gasteiger partial charge on any atom is 0.408 e. The molecule has 9 heteroatoms. The van der Waals surface area contributed by atoms with Gasteiger partial charge in [0.2, 0.25) is 0 Å². The molecule has 0 amide bonds. The molecule has 0 aliphatic carbocycles. The quantitative estimate of drug-likeness (QED) is 0.812. The number of fused-ring (bicyclic) bond motifs is 1.